The molecule has 0 aliphatic rings. The van der Waals surface area contributed by atoms with E-state index in [-0.39, 0.29) is 5.04 Å². The first-order chi connectivity index (χ1) is 18.1. The molecule has 1 unspecified atom stereocenters. The first kappa shape index (κ1) is 32.7. The number of rotatable bonds is 17. The van der Waals surface area contributed by atoms with E-state index in [1.165, 1.54) is 34.9 Å². The number of benzene rings is 2. The lowest BCUT2D eigenvalue weighted by molar-refractivity contribution is 0.0981. The molecule has 0 saturated heterocycles. The fraction of sp³-hybridized carbons (Fsp3) is 0.588. The Bertz CT molecular complexity index is 871. The standard InChI is InChI=1S/C34H56O2Si2/c1-10-20-29(5)25-26-33(36-37(11-2,12-3)13-4)30(6)27-28-35-38(34(7,8)9,31-21-16-14-17-22-31)32-23-18-15-19-24-32/h10,14-19,21-24,29-30,33H,1,11-13,20,25-28H2,2-9H3/t29-,30-,33?/m1/s1. The van der Waals surface area contributed by atoms with Crippen molar-refractivity contribution in [1.82, 2.24) is 0 Å². The summed E-state index contributed by atoms with van der Waals surface area (Å²) < 4.78 is 14.4. The molecule has 0 radical (unpaired) electrons. The number of allylic oxidation sites excluding steroid dienone is 1. The predicted octanol–water partition coefficient (Wildman–Crippen LogP) is 8.97. The van der Waals surface area contributed by atoms with Crippen molar-refractivity contribution in [3.63, 3.8) is 0 Å². The first-order valence-electron chi connectivity index (χ1n) is 15.1. The largest absolute Gasteiger partial charge is 0.414 e. The van der Waals surface area contributed by atoms with Crippen LogP contribution in [0.1, 0.15) is 81.1 Å². The van der Waals surface area contributed by atoms with E-state index in [2.05, 4.69) is 129 Å². The smallest absolute Gasteiger partial charge is 0.261 e. The monoisotopic (exact) mass is 552 g/mol. The molecular weight excluding hydrogens is 497 g/mol. The summed E-state index contributed by atoms with van der Waals surface area (Å²) in [4.78, 5) is 0. The third-order valence-corrected chi connectivity index (χ3v) is 18.5. The average Bonchev–Trinajstić information content (AvgIpc) is 2.92. The lowest BCUT2D eigenvalue weighted by Gasteiger charge is -2.43. The molecule has 0 fully saturated rings. The second-order valence-electron chi connectivity index (χ2n) is 12.4. The van der Waals surface area contributed by atoms with E-state index in [9.17, 15) is 0 Å². The molecule has 212 valence electrons. The van der Waals surface area contributed by atoms with E-state index >= 15 is 0 Å². The highest BCUT2D eigenvalue weighted by molar-refractivity contribution is 6.99. The van der Waals surface area contributed by atoms with E-state index in [4.69, 9.17) is 8.85 Å². The van der Waals surface area contributed by atoms with Gasteiger partial charge in [0, 0.05) is 12.7 Å². The minimum atomic E-state index is -2.51. The van der Waals surface area contributed by atoms with Gasteiger partial charge in [-0.05, 0) is 71.1 Å². The molecule has 0 aliphatic carbocycles. The summed E-state index contributed by atoms with van der Waals surface area (Å²) in [5, 5.41) is 2.71. The lowest BCUT2D eigenvalue weighted by Crippen LogP contribution is -2.66. The maximum absolute atomic E-state index is 7.24. The van der Waals surface area contributed by atoms with Crippen LogP contribution >= 0.6 is 0 Å². The number of hydrogen-bond donors (Lipinski definition) is 0. The van der Waals surface area contributed by atoms with Gasteiger partial charge in [0.15, 0.2) is 8.32 Å². The molecule has 0 bridgehead atoms. The number of hydrogen-bond acceptors (Lipinski definition) is 2. The highest BCUT2D eigenvalue weighted by Gasteiger charge is 2.50. The Hall–Kier alpha value is -1.47. The summed E-state index contributed by atoms with van der Waals surface area (Å²) in [6, 6.07) is 25.6. The molecule has 2 aromatic rings. The van der Waals surface area contributed by atoms with Gasteiger partial charge in [-0.15, -0.1) is 6.58 Å². The Labute approximate surface area is 237 Å². The summed E-state index contributed by atoms with van der Waals surface area (Å²) in [6.45, 7) is 23.6. The summed E-state index contributed by atoms with van der Waals surface area (Å²) >= 11 is 0. The van der Waals surface area contributed by atoms with Crippen LogP contribution in [0.25, 0.3) is 0 Å². The SMILES string of the molecule is C=CC[C@@H](C)CCC(O[Si](CC)(CC)CC)[C@H](C)CCO[Si](c1ccccc1)(c1ccccc1)C(C)(C)C. The van der Waals surface area contributed by atoms with Crippen LogP contribution in [0.3, 0.4) is 0 Å². The van der Waals surface area contributed by atoms with Gasteiger partial charge in [0.2, 0.25) is 0 Å². The van der Waals surface area contributed by atoms with E-state index < -0.39 is 16.6 Å². The molecule has 0 amide bonds. The fourth-order valence-electron chi connectivity index (χ4n) is 5.98. The van der Waals surface area contributed by atoms with E-state index in [1.54, 1.807) is 0 Å². The van der Waals surface area contributed by atoms with E-state index in [1.807, 2.05) is 0 Å². The van der Waals surface area contributed by atoms with Crippen molar-refractivity contribution >= 4 is 27.0 Å². The lowest BCUT2D eigenvalue weighted by atomic mass is 9.93. The van der Waals surface area contributed by atoms with Gasteiger partial charge in [-0.1, -0.05) is 122 Å². The molecule has 2 aromatic carbocycles. The van der Waals surface area contributed by atoms with Gasteiger partial charge in [0.1, 0.15) is 0 Å². The Morgan fingerprint density at radius 1 is 0.789 bits per heavy atom. The topological polar surface area (TPSA) is 18.5 Å². The van der Waals surface area contributed by atoms with Gasteiger partial charge in [-0.25, -0.2) is 0 Å². The van der Waals surface area contributed by atoms with E-state index in [0.29, 0.717) is 17.9 Å². The van der Waals surface area contributed by atoms with Crippen LogP contribution in [0.2, 0.25) is 23.2 Å². The molecule has 3 atom stereocenters. The maximum Gasteiger partial charge on any atom is 0.261 e. The Morgan fingerprint density at radius 2 is 1.29 bits per heavy atom. The van der Waals surface area contributed by atoms with Crippen LogP contribution in [0.4, 0.5) is 0 Å². The third kappa shape index (κ3) is 8.27. The maximum atomic E-state index is 7.24. The summed E-state index contributed by atoms with van der Waals surface area (Å²) in [5.41, 5.74) is 0. The normalized spacial score (nSPS) is 15.2. The van der Waals surface area contributed by atoms with Gasteiger partial charge >= 0.3 is 0 Å². The van der Waals surface area contributed by atoms with Gasteiger partial charge in [0.25, 0.3) is 8.32 Å². The van der Waals surface area contributed by atoms with Crippen molar-refractivity contribution in [2.45, 2.75) is 110 Å². The van der Waals surface area contributed by atoms with Crippen molar-refractivity contribution in [2.24, 2.45) is 11.8 Å². The van der Waals surface area contributed by atoms with Crippen LogP contribution in [0.5, 0.6) is 0 Å². The molecule has 0 spiro atoms. The van der Waals surface area contributed by atoms with Gasteiger partial charge in [-0.2, -0.15) is 0 Å². The van der Waals surface area contributed by atoms with Crippen LogP contribution in [-0.4, -0.2) is 29.3 Å². The minimum absolute atomic E-state index is 0.00364. The second-order valence-corrected chi connectivity index (χ2v) is 21.4. The zero-order valence-corrected chi connectivity index (χ0v) is 27.8. The zero-order valence-electron chi connectivity index (χ0n) is 25.8. The van der Waals surface area contributed by atoms with Gasteiger partial charge in [0.05, 0.1) is 0 Å². The van der Waals surface area contributed by atoms with Crippen molar-refractivity contribution in [1.29, 1.82) is 0 Å². The molecule has 0 N–H and O–H groups in total. The average molecular weight is 553 g/mol. The fourth-order valence-corrected chi connectivity index (χ4v) is 13.5. The van der Waals surface area contributed by atoms with Crippen molar-refractivity contribution in [3.8, 4) is 0 Å². The first-order valence-corrected chi connectivity index (χ1v) is 19.6. The zero-order chi connectivity index (χ0) is 28.2. The van der Waals surface area contributed by atoms with Crippen LogP contribution in [0.15, 0.2) is 73.3 Å². The molecule has 0 heterocycles. The second kappa shape index (κ2) is 15.4. The Balaban J connectivity index is 2.31. The van der Waals surface area contributed by atoms with Crippen LogP contribution in [0, 0.1) is 11.8 Å². The molecule has 4 heteroatoms. The Kier molecular flexibility index (Phi) is 13.2. The van der Waals surface area contributed by atoms with Gasteiger partial charge < -0.3 is 8.85 Å². The summed E-state index contributed by atoms with van der Waals surface area (Å²) in [7, 11) is -4.21. The quantitative estimate of drug-likeness (QED) is 0.144. The highest BCUT2D eigenvalue weighted by atomic mass is 28.4. The predicted molar refractivity (Wildman–Crippen MR) is 173 cm³/mol. The van der Waals surface area contributed by atoms with Crippen LogP contribution < -0.4 is 10.4 Å². The molecule has 38 heavy (non-hydrogen) atoms. The third-order valence-electron chi connectivity index (χ3n) is 8.79. The van der Waals surface area contributed by atoms with E-state index in [0.717, 1.165) is 25.9 Å². The van der Waals surface area contributed by atoms with Crippen molar-refractivity contribution < 1.29 is 8.85 Å². The molecule has 2 rings (SSSR count). The Morgan fingerprint density at radius 3 is 1.71 bits per heavy atom. The molecule has 0 aromatic heterocycles. The molecular formula is C34H56O2Si2. The van der Waals surface area contributed by atoms with Crippen LogP contribution in [-0.2, 0) is 8.85 Å². The molecule has 0 saturated carbocycles. The molecule has 2 nitrogen and oxygen atoms in total. The van der Waals surface area contributed by atoms with Crippen molar-refractivity contribution in [2.75, 3.05) is 6.61 Å². The summed E-state index contributed by atoms with van der Waals surface area (Å²) in [6.07, 6.45) is 6.78. The molecule has 0 aliphatic heterocycles. The minimum Gasteiger partial charge on any atom is -0.414 e. The van der Waals surface area contributed by atoms with Gasteiger partial charge in [-0.3, -0.25) is 0 Å². The van der Waals surface area contributed by atoms with Crippen molar-refractivity contribution in [3.05, 3.63) is 73.3 Å². The highest BCUT2D eigenvalue weighted by Crippen LogP contribution is 2.37. The summed E-state index contributed by atoms with van der Waals surface area (Å²) in [5.74, 6) is 1.11.